The second-order valence-corrected chi connectivity index (χ2v) is 4.40. The Morgan fingerprint density at radius 2 is 2.18 bits per heavy atom. The van der Waals surface area contributed by atoms with Crippen LogP contribution < -0.4 is 10.6 Å². The van der Waals surface area contributed by atoms with Crippen LogP contribution >= 0.6 is 11.6 Å². The highest BCUT2D eigenvalue weighted by molar-refractivity contribution is 6.33. The molecule has 0 bridgehead atoms. The van der Waals surface area contributed by atoms with Gasteiger partial charge in [0.2, 0.25) is 0 Å². The van der Waals surface area contributed by atoms with E-state index in [-0.39, 0.29) is 6.61 Å². The van der Waals surface area contributed by atoms with Gasteiger partial charge in [-0.2, -0.15) is 0 Å². The molecule has 0 saturated heterocycles. The average Bonchev–Trinajstić information content (AvgIpc) is 2.34. The molecule has 0 spiro atoms. The molecule has 4 nitrogen and oxygen atoms in total. The Bertz CT molecular complexity index is 347. The zero-order valence-corrected chi connectivity index (χ0v) is 11.0. The summed E-state index contributed by atoms with van der Waals surface area (Å²) in [7, 11) is 1.97. The number of hydrogen-bond acceptors (Lipinski definition) is 4. The molecule has 17 heavy (non-hydrogen) atoms. The minimum Gasteiger partial charge on any atom is -0.396 e. The fourth-order valence-corrected chi connectivity index (χ4v) is 1.97. The maximum atomic E-state index is 8.70. The van der Waals surface area contributed by atoms with Crippen LogP contribution in [0.25, 0.3) is 0 Å². The summed E-state index contributed by atoms with van der Waals surface area (Å²) in [6, 6.07) is 1.84. The fraction of sp³-hybridized carbons (Fsp3) is 0.583. The minimum atomic E-state index is 0.255. The van der Waals surface area contributed by atoms with Gasteiger partial charge in [-0.25, -0.2) is 4.98 Å². The minimum absolute atomic E-state index is 0.255. The SMILES string of the molecule is CN(CCCCCO)c1nccc(CN)c1Cl. The van der Waals surface area contributed by atoms with Crippen molar-refractivity contribution in [2.75, 3.05) is 25.1 Å². The zero-order chi connectivity index (χ0) is 12.7. The second-order valence-electron chi connectivity index (χ2n) is 4.02. The van der Waals surface area contributed by atoms with Crippen molar-refractivity contribution in [3.63, 3.8) is 0 Å². The summed E-state index contributed by atoms with van der Waals surface area (Å²) in [6.45, 7) is 1.55. The van der Waals surface area contributed by atoms with Gasteiger partial charge in [-0.3, -0.25) is 0 Å². The van der Waals surface area contributed by atoms with E-state index in [9.17, 15) is 0 Å². The summed E-state index contributed by atoms with van der Waals surface area (Å²) in [5.41, 5.74) is 6.52. The van der Waals surface area contributed by atoms with Gasteiger partial charge in [0.15, 0.2) is 0 Å². The molecule has 0 aromatic carbocycles. The van der Waals surface area contributed by atoms with E-state index in [2.05, 4.69) is 4.98 Å². The standard InChI is InChI=1S/C12H20ClN3O/c1-16(7-3-2-4-8-17)12-11(13)10(9-14)5-6-15-12/h5-6,17H,2-4,7-9,14H2,1H3. The molecule has 0 unspecified atom stereocenters. The van der Waals surface area contributed by atoms with Crippen LogP contribution in [0.15, 0.2) is 12.3 Å². The van der Waals surface area contributed by atoms with Crippen LogP contribution in [0.5, 0.6) is 0 Å². The molecule has 0 aliphatic rings. The van der Waals surface area contributed by atoms with E-state index in [1.807, 2.05) is 18.0 Å². The Hall–Kier alpha value is -0.840. The lowest BCUT2D eigenvalue weighted by Gasteiger charge is -2.20. The number of nitrogens with two attached hydrogens (primary N) is 1. The van der Waals surface area contributed by atoms with Crippen molar-refractivity contribution in [1.29, 1.82) is 0 Å². The van der Waals surface area contributed by atoms with E-state index in [1.54, 1.807) is 6.20 Å². The third kappa shape index (κ3) is 4.15. The van der Waals surface area contributed by atoms with Gasteiger partial charge in [-0.1, -0.05) is 11.6 Å². The van der Waals surface area contributed by atoms with Gasteiger partial charge in [0.25, 0.3) is 0 Å². The number of aliphatic hydroxyl groups is 1. The number of hydrogen-bond donors (Lipinski definition) is 2. The fourth-order valence-electron chi connectivity index (χ4n) is 1.64. The monoisotopic (exact) mass is 257 g/mol. The Labute approximate surface area is 107 Å². The van der Waals surface area contributed by atoms with Crippen molar-refractivity contribution in [2.45, 2.75) is 25.8 Å². The first kappa shape index (κ1) is 14.2. The molecule has 0 fully saturated rings. The summed E-state index contributed by atoms with van der Waals surface area (Å²) in [4.78, 5) is 6.30. The molecule has 0 amide bonds. The summed E-state index contributed by atoms with van der Waals surface area (Å²) in [5.74, 6) is 0.776. The van der Waals surface area contributed by atoms with Crippen LogP contribution in [0.1, 0.15) is 24.8 Å². The molecule has 0 aliphatic heterocycles. The smallest absolute Gasteiger partial charge is 0.147 e. The van der Waals surface area contributed by atoms with Crippen molar-refractivity contribution < 1.29 is 5.11 Å². The van der Waals surface area contributed by atoms with Gasteiger partial charge in [0.05, 0.1) is 5.02 Å². The second kappa shape index (κ2) is 7.48. The Kier molecular flexibility index (Phi) is 6.26. The number of nitrogens with zero attached hydrogens (tertiary/aromatic N) is 2. The van der Waals surface area contributed by atoms with Gasteiger partial charge in [-0.15, -0.1) is 0 Å². The van der Waals surface area contributed by atoms with Crippen LogP contribution in [0, 0.1) is 0 Å². The Balaban J connectivity index is 2.59. The van der Waals surface area contributed by atoms with Crippen LogP contribution in [0.3, 0.4) is 0 Å². The molecule has 0 radical (unpaired) electrons. The topological polar surface area (TPSA) is 62.4 Å². The lowest BCUT2D eigenvalue weighted by Crippen LogP contribution is -2.20. The number of aliphatic hydroxyl groups excluding tert-OH is 1. The number of rotatable bonds is 7. The first-order valence-corrected chi connectivity index (χ1v) is 6.24. The van der Waals surface area contributed by atoms with Crippen molar-refractivity contribution in [2.24, 2.45) is 5.73 Å². The molecule has 0 aliphatic carbocycles. The molecule has 96 valence electrons. The van der Waals surface area contributed by atoms with E-state index in [0.717, 1.165) is 37.2 Å². The number of halogens is 1. The first-order chi connectivity index (χ1) is 8.20. The van der Waals surface area contributed by atoms with Crippen molar-refractivity contribution >= 4 is 17.4 Å². The van der Waals surface area contributed by atoms with E-state index >= 15 is 0 Å². The van der Waals surface area contributed by atoms with Crippen LogP contribution in [0.2, 0.25) is 5.02 Å². The maximum Gasteiger partial charge on any atom is 0.147 e. The lowest BCUT2D eigenvalue weighted by molar-refractivity contribution is 0.283. The maximum absolute atomic E-state index is 8.70. The van der Waals surface area contributed by atoms with Crippen LogP contribution in [-0.2, 0) is 6.54 Å². The normalized spacial score (nSPS) is 10.6. The number of anilines is 1. The zero-order valence-electron chi connectivity index (χ0n) is 10.2. The van der Waals surface area contributed by atoms with E-state index < -0.39 is 0 Å². The third-order valence-electron chi connectivity index (χ3n) is 2.68. The van der Waals surface area contributed by atoms with Crippen LogP contribution in [0.4, 0.5) is 5.82 Å². The predicted molar refractivity (Wildman–Crippen MR) is 71.3 cm³/mol. The number of aromatic nitrogens is 1. The Morgan fingerprint density at radius 3 is 2.82 bits per heavy atom. The van der Waals surface area contributed by atoms with E-state index in [4.69, 9.17) is 22.4 Å². The molecular formula is C12H20ClN3O. The third-order valence-corrected chi connectivity index (χ3v) is 3.10. The quantitative estimate of drug-likeness (QED) is 0.731. The molecule has 0 atom stereocenters. The predicted octanol–water partition coefficient (Wildman–Crippen LogP) is 1.79. The highest BCUT2D eigenvalue weighted by Crippen LogP contribution is 2.25. The number of pyridine rings is 1. The summed E-state index contributed by atoms with van der Waals surface area (Å²) in [6.07, 6.45) is 4.60. The van der Waals surface area contributed by atoms with Gasteiger partial charge in [0.1, 0.15) is 5.82 Å². The number of unbranched alkanes of at least 4 members (excludes halogenated alkanes) is 2. The molecule has 3 N–H and O–H groups in total. The summed E-state index contributed by atoms with van der Waals surface area (Å²) < 4.78 is 0. The van der Waals surface area contributed by atoms with Gasteiger partial charge >= 0.3 is 0 Å². The van der Waals surface area contributed by atoms with Gasteiger partial charge in [0, 0.05) is 32.9 Å². The Morgan fingerprint density at radius 1 is 1.41 bits per heavy atom. The highest BCUT2D eigenvalue weighted by atomic mass is 35.5. The average molecular weight is 258 g/mol. The van der Waals surface area contributed by atoms with Crippen molar-refractivity contribution in [1.82, 2.24) is 4.98 Å². The van der Waals surface area contributed by atoms with Gasteiger partial charge < -0.3 is 15.7 Å². The largest absolute Gasteiger partial charge is 0.396 e. The summed E-state index contributed by atoms with van der Waals surface area (Å²) in [5, 5.41) is 9.34. The summed E-state index contributed by atoms with van der Waals surface area (Å²) >= 11 is 6.22. The van der Waals surface area contributed by atoms with Crippen LogP contribution in [-0.4, -0.2) is 30.3 Å². The molecule has 1 aromatic heterocycles. The molecular weight excluding hydrogens is 238 g/mol. The van der Waals surface area contributed by atoms with Gasteiger partial charge in [-0.05, 0) is 30.9 Å². The van der Waals surface area contributed by atoms with Crippen molar-refractivity contribution in [3.8, 4) is 0 Å². The molecule has 1 aromatic rings. The molecule has 1 heterocycles. The van der Waals surface area contributed by atoms with E-state index in [1.165, 1.54) is 0 Å². The van der Waals surface area contributed by atoms with E-state index in [0.29, 0.717) is 11.6 Å². The lowest BCUT2D eigenvalue weighted by atomic mass is 10.2. The first-order valence-electron chi connectivity index (χ1n) is 5.86. The van der Waals surface area contributed by atoms with Crippen molar-refractivity contribution in [3.05, 3.63) is 22.8 Å². The molecule has 1 rings (SSSR count). The molecule has 5 heteroatoms. The highest BCUT2D eigenvalue weighted by Gasteiger charge is 2.10. The molecule has 0 saturated carbocycles.